The third-order valence-electron chi connectivity index (χ3n) is 2.56. The maximum Gasteiger partial charge on any atom is 0.134 e. The van der Waals surface area contributed by atoms with E-state index >= 15 is 0 Å². The Hall–Kier alpha value is -1.63. The van der Waals surface area contributed by atoms with Crippen molar-refractivity contribution in [3.8, 4) is 6.07 Å². The summed E-state index contributed by atoms with van der Waals surface area (Å²) in [5.41, 5.74) is 2.51. The second-order valence-electron chi connectivity index (χ2n) is 3.88. The summed E-state index contributed by atoms with van der Waals surface area (Å²) in [6, 6.07) is 9.57. The van der Waals surface area contributed by atoms with E-state index in [0.717, 1.165) is 21.1 Å². The number of benzene rings is 1. The molecule has 0 fully saturated rings. The molecule has 0 saturated carbocycles. The molecule has 0 aliphatic carbocycles. The molecular weight excluding hydrogens is 264 g/mol. The first kappa shape index (κ1) is 12.8. The van der Waals surface area contributed by atoms with Gasteiger partial charge in [-0.05, 0) is 37.6 Å². The fourth-order valence-corrected chi connectivity index (χ4v) is 2.46. The predicted octanol–water partition coefficient (Wildman–Crippen LogP) is 4.48. The van der Waals surface area contributed by atoms with E-state index in [9.17, 15) is 5.26 Å². The highest BCUT2D eigenvalue weighted by atomic mass is 35.5. The molecule has 0 saturated heterocycles. The summed E-state index contributed by atoms with van der Waals surface area (Å²) in [6.45, 7) is 3.96. The Morgan fingerprint density at radius 2 is 2.00 bits per heavy atom. The minimum atomic E-state index is 0.582. The number of hydrogen-bond donors (Lipinski definition) is 0. The van der Waals surface area contributed by atoms with Crippen molar-refractivity contribution in [3.05, 3.63) is 50.4 Å². The Morgan fingerprint density at radius 1 is 1.33 bits per heavy atom. The van der Waals surface area contributed by atoms with Crippen LogP contribution in [0.15, 0.2) is 24.3 Å². The van der Waals surface area contributed by atoms with Crippen molar-refractivity contribution in [1.29, 1.82) is 5.26 Å². The Morgan fingerprint density at radius 3 is 2.50 bits per heavy atom. The van der Waals surface area contributed by atoms with Gasteiger partial charge in [0, 0.05) is 9.90 Å². The van der Waals surface area contributed by atoms with Crippen molar-refractivity contribution in [3.63, 3.8) is 0 Å². The van der Waals surface area contributed by atoms with Gasteiger partial charge in [-0.25, -0.2) is 4.98 Å². The van der Waals surface area contributed by atoms with E-state index in [4.69, 9.17) is 11.6 Å². The molecule has 2 nitrogen and oxygen atoms in total. The van der Waals surface area contributed by atoms with E-state index in [1.165, 1.54) is 0 Å². The van der Waals surface area contributed by atoms with Gasteiger partial charge in [-0.2, -0.15) is 5.26 Å². The molecule has 0 atom stereocenters. The first-order chi connectivity index (χ1) is 8.60. The van der Waals surface area contributed by atoms with Crippen LogP contribution < -0.4 is 0 Å². The van der Waals surface area contributed by atoms with Crippen LogP contribution in [0.2, 0.25) is 5.02 Å². The van der Waals surface area contributed by atoms with Gasteiger partial charge in [-0.1, -0.05) is 23.7 Å². The average Bonchev–Trinajstić information content (AvgIpc) is 2.69. The van der Waals surface area contributed by atoms with Crippen LogP contribution in [0, 0.1) is 25.2 Å². The van der Waals surface area contributed by atoms with E-state index in [0.29, 0.717) is 10.6 Å². The molecule has 1 aromatic heterocycles. The lowest BCUT2D eigenvalue weighted by molar-refractivity contribution is 1.21. The number of aryl methyl sites for hydroxylation is 2. The van der Waals surface area contributed by atoms with Crippen molar-refractivity contribution in [2.24, 2.45) is 0 Å². The van der Waals surface area contributed by atoms with Gasteiger partial charge in [0.2, 0.25) is 0 Å². The minimum Gasteiger partial charge on any atom is -0.240 e. The number of thiazole rings is 1. The normalized spacial score (nSPS) is 11.3. The Bertz CT molecular complexity index is 613. The summed E-state index contributed by atoms with van der Waals surface area (Å²) < 4.78 is 0. The molecule has 1 heterocycles. The molecule has 90 valence electrons. The highest BCUT2D eigenvalue weighted by Crippen LogP contribution is 2.25. The Balaban J connectivity index is 2.40. The highest BCUT2D eigenvalue weighted by molar-refractivity contribution is 7.12. The molecule has 0 aliphatic rings. The highest BCUT2D eigenvalue weighted by Gasteiger charge is 2.08. The molecule has 0 aliphatic heterocycles. The van der Waals surface area contributed by atoms with Crippen LogP contribution in [0.3, 0.4) is 0 Å². The third-order valence-corrected chi connectivity index (χ3v) is 3.92. The van der Waals surface area contributed by atoms with Crippen molar-refractivity contribution < 1.29 is 0 Å². The van der Waals surface area contributed by atoms with Crippen LogP contribution in [0.25, 0.3) is 11.6 Å². The molecule has 0 bridgehead atoms. The summed E-state index contributed by atoms with van der Waals surface area (Å²) in [7, 11) is 0. The summed E-state index contributed by atoms with van der Waals surface area (Å²) in [5, 5.41) is 10.7. The molecule has 2 rings (SSSR count). The van der Waals surface area contributed by atoms with Crippen molar-refractivity contribution in [2.45, 2.75) is 13.8 Å². The largest absolute Gasteiger partial charge is 0.240 e. The summed E-state index contributed by atoms with van der Waals surface area (Å²) >= 11 is 7.37. The molecule has 0 unspecified atom stereocenters. The van der Waals surface area contributed by atoms with Gasteiger partial charge >= 0.3 is 0 Å². The number of nitrogens with zero attached hydrogens (tertiary/aromatic N) is 2. The molecule has 0 amide bonds. The van der Waals surface area contributed by atoms with Crippen LogP contribution in [0.4, 0.5) is 0 Å². The van der Waals surface area contributed by atoms with E-state index in [1.807, 2.05) is 32.1 Å². The van der Waals surface area contributed by atoms with Gasteiger partial charge in [0.1, 0.15) is 11.1 Å². The Kier molecular flexibility index (Phi) is 3.81. The molecule has 0 spiro atoms. The summed E-state index contributed by atoms with van der Waals surface area (Å²) in [6.07, 6.45) is 1.83. The molecule has 0 radical (unpaired) electrons. The standard InChI is InChI=1S/C14H11ClN2S/c1-9-10(2)18-14(17-9)12(8-16)7-11-3-5-13(15)6-4-11/h3-7H,1-2H3/b12-7+. The van der Waals surface area contributed by atoms with E-state index in [1.54, 1.807) is 23.5 Å². The monoisotopic (exact) mass is 274 g/mol. The number of aromatic nitrogens is 1. The van der Waals surface area contributed by atoms with Gasteiger partial charge in [-0.15, -0.1) is 11.3 Å². The van der Waals surface area contributed by atoms with Gasteiger partial charge in [0.05, 0.1) is 11.3 Å². The molecule has 18 heavy (non-hydrogen) atoms. The topological polar surface area (TPSA) is 36.7 Å². The third kappa shape index (κ3) is 2.79. The van der Waals surface area contributed by atoms with E-state index < -0.39 is 0 Å². The van der Waals surface area contributed by atoms with Gasteiger partial charge in [0.25, 0.3) is 0 Å². The Labute approximate surface area is 115 Å². The quantitative estimate of drug-likeness (QED) is 0.757. The van der Waals surface area contributed by atoms with Crippen molar-refractivity contribution in [2.75, 3.05) is 0 Å². The van der Waals surface area contributed by atoms with Crippen LogP contribution in [0.1, 0.15) is 21.1 Å². The number of nitriles is 1. The fourth-order valence-electron chi connectivity index (χ4n) is 1.46. The van der Waals surface area contributed by atoms with E-state index in [2.05, 4.69) is 11.1 Å². The van der Waals surface area contributed by atoms with Crippen LogP contribution in [-0.4, -0.2) is 4.98 Å². The molecule has 2 aromatic rings. The van der Waals surface area contributed by atoms with Crippen molar-refractivity contribution in [1.82, 2.24) is 4.98 Å². The number of rotatable bonds is 2. The van der Waals surface area contributed by atoms with Crippen LogP contribution in [-0.2, 0) is 0 Å². The van der Waals surface area contributed by atoms with Gasteiger partial charge in [-0.3, -0.25) is 0 Å². The maximum absolute atomic E-state index is 9.22. The minimum absolute atomic E-state index is 0.582. The molecule has 4 heteroatoms. The fraction of sp³-hybridized carbons (Fsp3) is 0.143. The number of halogens is 1. The lowest BCUT2D eigenvalue weighted by atomic mass is 10.1. The van der Waals surface area contributed by atoms with E-state index in [-0.39, 0.29) is 0 Å². The van der Waals surface area contributed by atoms with Gasteiger partial charge in [0.15, 0.2) is 0 Å². The average molecular weight is 275 g/mol. The lowest BCUT2D eigenvalue weighted by Gasteiger charge is -1.95. The summed E-state index contributed by atoms with van der Waals surface area (Å²) in [5.74, 6) is 0. The number of allylic oxidation sites excluding steroid dienone is 1. The van der Waals surface area contributed by atoms with Crippen LogP contribution >= 0.6 is 22.9 Å². The SMILES string of the molecule is Cc1nc(/C(C#N)=C/c2ccc(Cl)cc2)sc1C. The second kappa shape index (κ2) is 5.34. The molecular formula is C14H11ClN2S. The molecule has 1 aromatic carbocycles. The second-order valence-corrected chi connectivity index (χ2v) is 5.52. The smallest absolute Gasteiger partial charge is 0.134 e. The van der Waals surface area contributed by atoms with Crippen molar-refractivity contribution >= 4 is 34.6 Å². The predicted molar refractivity (Wildman–Crippen MR) is 76.5 cm³/mol. The zero-order valence-corrected chi connectivity index (χ0v) is 11.6. The maximum atomic E-state index is 9.22. The zero-order valence-electron chi connectivity index (χ0n) is 10.1. The lowest BCUT2D eigenvalue weighted by Crippen LogP contribution is -1.81. The molecule has 0 N–H and O–H groups in total. The van der Waals surface area contributed by atoms with Gasteiger partial charge < -0.3 is 0 Å². The summed E-state index contributed by atoms with van der Waals surface area (Å²) in [4.78, 5) is 5.54. The first-order valence-corrected chi connectivity index (χ1v) is 6.61. The van der Waals surface area contributed by atoms with Crippen LogP contribution in [0.5, 0.6) is 0 Å². The first-order valence-electron chi connectivity index (χ1n) is 5.42. The zero-order chi connectivity index (χ0) is 13.1. The number of hydrogen-bond acceptors (Lipinski definition) is 3.